The minimum absolute atomic E-state index is 0.214. The van der Waals surface area contributed by atoms with E-state index in [4.69, 9.17) is 4.74 Å². The van der Waals surface area contributed by atoms with Crippen LogP contribution in [-0.2, 0) is 14.8 Å². The Labute approximate surface area is 99.0 Å². The standard InChI is InChI=1S/C10H24N2O3S/c1-3-11-7-4-5-10-16(13,14)12-8-6-9-15-2/h11-12H,3-10H2,1-2H3. The normalized spacial score (nSPS) is 11.9. The molecule has 0 atom stereocenters. The van der Waals surface area contributed by atoms with Crippen LogP contribution in [-0.4, -0.2) is 47.5 Å². The highest BCUT2D eigenvalue weighted by atomic mass is 32.2. The zero-order chi connectivity index (χ0) is 12.3. The van der Waals surface area contributed by atoms with E-state index in [1.165, 1.54) is 0 Å². The van der Waals surface area contributed by atoms with Crippen LogP contribution in [0.25, 0.3) is 0 Å². The molecule has 0 aromatic rings. The Bertz CT molecular complexity index is 242. The van der Waals surface area contributed by atoms with Gasteiger partial charge in [0.1, 0.15) is 0 Å². The van der Waals surface area contributed by atoms with Crippen molar-refractivity contribution in [1.82, 2.24) is 10.0 Å². The van der Waals surface area contributed by atoms with Gasteiger partial charge in [0.2, 0.25) is 10.0 Å². The molecule has 0 heterocycles. The molecule has 2 N–H and O–H groups in total. The Kier molecular flexibility index (Phi) is 9.91. The molecule has 0 saturated heterocycles. The molecule has 0 saturated carbocycles. The molecule has 0 aromatic carbocycles. The van der Waals surface area contributed by atoms with Gasteiger partial charge >= 0.3 is 0 Å². The topological polar surface area (TPSA) is 67.4 Å². The molecule has 0 aliphatic heterocycles. The quantitative estimate of drug-likeness (QED) is 0.520. The predicted molar refractivity (Wildman–Crippen MR) is 66.1 cm³/mol. The predicted octanol–water partition coefficient (Wildman–Crippen LogP) is 0.332. The third-order valence-corrected chi connectivity index (χ3v) is 3.58. The molecule has 0 rings (SSSR count). The highest BCUT2D eigenvalue weighted by molar-refractivity contribution is 7.89. The molecule has 0 fully saturated rings. The second-order valence-corrected chi connectivity index (χ2v) is 5.55. The van der Waals surface area contributed by atoms with Crippen molar-refractivity contribution in [3.8, 4) is 0 Å². The summed E-state index contributed by atoms with van der Waals surface area (Å²) in [6.45, 7) is 4.90. The molecule has 0 bridgehead atoms. The molecule has 6 heteroatoms. The number of sulfonamides is 1. The molecule has 0 unspecified atom stereocenters. The van der Waals surface area contributed by atoms with Gasteiger partial charge in [-0.05, 0) is 32.4 Å². The highest BCUT2D eigenvalue weighted by Crippen LogP contribution is 1.94. The lowest BCUT2D eigenvalue weighted by Crippen LogP contribution is -2.28. The Balaban J connectivity index is 3.47. The Morgan fingerprint density at radius 3 is 2.50 bits per heavy atom. The zero-order valence-corrected chi connectivity index (χ0v) is 11.1. The fourth-order valence-corrected chi connectivity index (χ4v) is 2.42. The highest BCUT2D eigenvalue weighted by Gasteiger charge is 2.08. The maximum atomic E-state index is 11.5. The SMILES string of the molecule is CCNCCCCS(=O)(=O)NCCCOC. The Hall–Kier alpha value is -0.170. The van der Waals surface area contributed by atoms with Gasteiger partial charge in [-0.25, -0.2) is 13.1 Å². The molecule has 0 aromatic heterocycles. The van der Waals surface area contributed by atoms with Crippen LogP contribution in [0.15, 0.2) is 0 Å². The van der Waals surface area contributed by atoms with Crippen LogP contribution in [0.4, 0.5) is 0 Å². The Morgan fingerprint density at radius 1 is 1.12 bits per heavy atom. The van der Waals surface area contributed by atoms with Crippen molar-refractivity contribution in [2.75, 3.05) is 39.1 Å². The fraction of sp³-hybridized carbons (Fsp3) is 1.00. The second kappa shape index (κ2) is 10.0. The second-order valence-electron chi connectivity index (χ2n) is 3.62. The minimum atomic E-state index is -3.08. The van der Waals surface area contributed by atoms with Crippen LogP contribution in [0, 0.1) is 0 Å². The van der Waals surface area contributed by atoms with Crippen molar-refractivity contribution in [3.05, 3.63) is 0 Å². The number of hydrogen-bond acceptors (Lipinski definition) is 4. The summed E-state index contributed by atoms with van der Waals surface area (Å²) >= 11 is 0. The van der Waals surface area contributed by atoms with Gasteiger partial charge in [-0.2, -0.15) is 0 Å². The van der Waals surface area contributed by atoms with Crippen LogP contribution in [0.3, 0.4) is 0 Å². The van der Waals surface area contributed by atoms with E-state index in [0.29, 0.717) is 26.0 Å². The van der Waals surface area contributed by atoms with Gasteiger partial charge in [-0.3, -0.25) is 0 Å². The lowest BCUT2D eigenvalue weighted by atomic mass is 10.3. The summed E-state index contributed by atoms with van der Waals surface area (Å²) in [7, 11) is -1.48. The monoisotopic (exact) mass is 252 g/mol. The number of ether oxygens (including phenoxy) is 1. The third-order valence-electron chi connectivity index (χ3n) is 2.11. The van der Waals surface area contributed by atoms with Crippen LogP contribution < -0.4 is 10.0 Å². The van der Waals surface area contributed by atoms with Gasteiger partial charge in [0.15, 0.2) is 0 Å². The first-order valence-corrected chi connectivity index (χ1v) is 7.44. The van der Waals surface area contributed by atoms with Crippen molar-refractivity contribution < 1.29 is 13.2 Å². The number of rotatable bonds is 11. The maximum Gasteiger partial charge on any atom is 0.211 e. The summed E-state index contributed by atoms with van der Waals surface area (Å²) in [5.74, 6) is 0.214. The van der Waals surface area contributed by atoms with Gasteiger partial charge < -0.3 is 10.1 Å². The van der Waals surface area contributed by atoms with Crippen molar-refractivity contribution in [2.24, 2.45) is 0 Å². The van der Waals surface area contributed by atoms with E-state index in [1.807, 2.05) is 6.92 Å². The molecule has 0 amide bonds. The zero-order valence-electron chi connectivity index (χ0n) is 10.3. The summed E-state index contributed by atoms with van der Waals surface area (Å²) in [5.41, 5.74) is 0. The van der Waals surface area contributed by atoms with E-state index in [9.17, 15) is 8.42 Å². The average Bonchev–Trinajstić information content (AvgIpc) is 2.24. The molecule has 98 valence electrons. The maximum absolute atomic E-state index is 11.5. The molecular weight excluding hydrogens is 228 g/mol. The van der Waals surface area contributed by atoms with Crippen molar-refractivity contribution in [2.45, 2.75) is 26.2 Å². The van der Waals surface area contributed by atoms with Crippen molar-refractivity contribution in [3.63, 3.8) is 0 Å². The van der Waals surface area contributed by atoms with E-state index < -0.39 is 10.0 Å². The summed E-state index contributed by atoms with van der Waals surface area (Å²) in [5, 5.41) is 3.16. The molecule has 16 heavy (non-hydrogen) atoms. The van der Waals surface area contributed by atoms with Gasteiger partial charge in [0.05, 0.1) is 5.75 Å². The number of unbranched alkanes of at least 4 members (excludes halogenated alkanes) is 1. The van der Waals surface area contributed by atoms with Crippen LogP contribution >= 0.6 is 0 Å². The van der Waals surface area contributed by atoms with Gasteiger partial charge in [0, 0.05) is 20.3 Å². The molecule has 5 nitrogen and oxygen atoms in total. The Morgan fingerprint density at radius 2 is 1.88 bits per heavy atom. The number of hydrogen-bond donors (Lipinski definition) is 2. The number of methoxy groups -OCH3 is 1. The van der Waals surface area contributed by atoms with E-state index in [0.717, 1.165) is 19.5 Å². The van der Waals surface area contributed by atoms with Crippen LogP contribution in [0.1, 0.15) is 26.2 Å². The van der Waals surface area contributed by atoms with Gasteiger partial charge in [-0.15, -0.1) is 0 Å². The largest absolute Gasteiger partial charge is 0.385 e. The molecule has 0 spiro atoms. The lowest BCUT2D eigenvalue weighted by Gasteiger charge is -2.06. The smallest absolute Gasteiger partial charge is 0.211 e. The number of nitrogens with one attached hydrogen (secondary N) is 2. The summed E-state index contributed by atoms with van der Waals surface area (Å²) in [6, 6.07) is 0. The van der Waals surface area contributed by atoms with Gasteiger partial charge in [-0.1, -0.05) is 6.92 Å². The summed E-state index contributed by atoms with van der Waals surface area (Å²) in [6.07, 6.45) is 2.31. The first-order valence-electron chi connectivity index (χ1n) is 5.79. The molecule has 0 radical (unpaired) electrons. The first kappa shape index (κ1) is 15.8. The third kappa shape index (κ3) is 10.4. The minimum Gasteiger partial charge on any atom is -0.385 e. The fourth-order valence-electron chi connectivity index (χ4n) is 1.24. The molecule has 0 aliphatic rings. The molecule has 0 aliphatic carbocycles. The van der Waals surface area contributed by atoms with Gasteiger partial charge in [0.25, 0.3) is 0 Å². The summed E-state index contributed by atoms with van der Waals surface area (Å²) in [4.78, 5) is 0. The van der Waals surface area contributed by atoms with E-state index in [-0.39, 0.29) is 5.75 Å². The molecular formula is C10H24N2O3S. The van der Waals surface area contributed by atoms with E-state index >= 15 is 0 Å². The average molecular weight is 252 g/mol. The van der Waals surface area contributed by atoms with Crippen molar-refractivity contribution in [1.29, 1.82) is 0 Å². The lowest BCUT2D eigenvalue weighted by molar-refractivity contribution is 0.196. The van der Waals surface area contributed by atoms with E-state index in [2.05, 4.69) is 10.0 Å². The van der Waals surface area contributed by atoms with Crippen LogP contribution in [0.2, 0.25) is 0 Å². The van der Waals surface area contributed by atoms with E-state index in [1.54, 1.807) is 7.11 Å². The summed E-state index contributed by atoms with van der Waals surface area (Å²) < 4.78 is 30.3. The van der Waals surface area contributed by atoms with Crippen LogP contribution in [0.5, 0.6) is 0 Å². The van der Waals surface area contributed by atoms with Crippen molar-refractivity contribution >= 4 is 10.0 Å². The first-order chi connectivity index (χ1) is 7.62.